The van der Waals surface area contributed by atoms with Crippen LogP contribution >= 0.6 is 11.8 Å². The third kappa shape index (κ3) is 5.03. The molecule has 5 nitrogen and oxygen atoms in total. The van der Waals surface area contributed by atoms with Gasteiger partial charge < -0.3 is 14.5 Å². The van der Waals surface area contributed by atoms with Crippen molar-refractivity contribution in [3.05, 3.63) is 35.7 Å². The van der Waals surface area contributed by atoms with Crippen LogP contribution in [0.1, 0.15) is 24.8 Å². The lowest BCUT2D eigenvalue weighted by Gasteiger charge is -2.02. The summed E-state index contributed by atoms with van der Waals surface area (Å²) in [5, 5.41) is 2.86. The smallest absolute Gasteiger partial charge is 0.230 e. The molecule has 124 valence electrons. The molecule has 23 heavy (non-hydrogen) atoms. The first-order chi connectivity index (χ1) is 11.1. The second-order valence-electron chi connectivity index (χ2n) is 5.09. The van der Waals surface area contributed by atoms with Crippen molar-refractivity contribution in [3.63, 3.8) is 0 Å². The average molecular weight is 334 g/mol. The molecule has 1 amide bonds. The van der Waals surface area contributed by atoms with E-state index < -0.39 is 0 Å². The molecule has 0 atom stereocenters. The van der Waals surface area contributed by atoms with Crippen LogP contribution in [-0.2, 0) is 10.5 Å². The minimum Gasteiger partial charge on any atom is -0.497 e. The molecule has 0 spiro atoms. The van der Waals surface area contributed by atoms with Crippen LogP contribution in [0, 0.1) is 6.92 Å². The lowest BCUT2D eigenvalue weighted by atomic mass is 10.2. The van der Waals surface area contributed by atoms with E-state index in [0.29, 0.717) is 17.4 Å². The van der Waals surface area contributed by atoms with Crippen LogP contribution in [0.5, 0.6) is 5.75 Å². The second-order valence-corrected chi connectivity index (χ2v) is 6.08. The van der Waals surface area contributed by atoms with E-state index in [1.807, 2.05) is 38.1 Å². The fourth-order valence-electron chi connectivity index (χ4n) is 1.97. The molecule has 1 heterocycles. The third-order valence-corrected chi connectivity index (χ3v) is 4.22. The average Bonchev–Trinajstić information content (AvgIpc) is 2.94. The van der Waals surface area contributed by atoms with Gasteiger partial charge in [-0.25, -0.2) is 4.98 Å². The van der Waals surface area contributed by atoms with Gasteiger partial charge >= 0.3 is 0 Å². The Labute approximate surface area is 140 Å². The molecule has 0 aliphatic carbocycles. The summed E-state index contributed by atoms with van der Waals surface area (Å²) in [7, 11) is 1.64. The second kappa shape index (κ2) is 8.62. The zero-order valence-corrected chi connectivity index (χ0v) is 14.5. The lowest BCUT2D eigenvalue weighted by Crippen LogP contribution is -2.25. The number of methoxy groups -OCH3 is 1. The number of amides is 1. The van der Waals surface area contributed by atoms with E-state index in [-0.39, 0.29) is 5.91 Å². The van der Waals surface area contributed by atoms with Gasteiger partial charge in [0, 0.05) is 17.9 Å². The predicted molar refractivity (Wildman–Crippen MR) is 92.7 cm³/mol. The van der Waals surface area contributed by atoms with Gasteiger partial charge in [0.2, 0.25) is 11.8 Å². The van der Waals surface area contributed by atoms with Crippen molar-refractivity contribution < 1.29 is 13.9 Å². The van der Waals surface area contributed by atoms with E-state index in [2.05, 4.69) is 10.3 Å². The fourth-order valence-corrected chi connectivity index (χ4v) is 2.83. The minimum atomic E-state index is 0.0633. The number of benzene rings is 1. The summed E-state index contributed by atoms with van der Waals surface area (Å²) < 4.78 is 10.9. The Hall–Kier alpha value is -1.95. The van der Waals surface area contributed by atoms with Crippen molar-refractivity contribution >= 4 is 17.7 Å². The first-order valence-corrected chi connectivity index (χ1v) is 8.74. The summed E-state index contributed by atoms with van der Waals surface area (Å²) in [5.74, 6) is 3.34. The van der Waals surface area contributed by atoms with Gasteiger partial charge in [-0.1, -0.05) is 6.92 Å². The molecule has 1 N–H and O–H groups in total. The molecule has 2 rings (SSSR count). The lowest BCUT2D eigenvalue weighted by molar-refractivity contribution is -0.118. The number of aromatic nitrogens is 1. The van der Waals surface area contributed by atoms with Crippen molar-refractivity contribution in [2.75, 3.05) is 19.4 Å². The van der Waals surface area contributed by atoms with Crippen LogP contribution in [0.15, 0.2) is 28.7 Å². The molecule has 0 saturated carbocycles. The highest BCUT2D eigenvalue weighted by Gasteiger charge is 2.12. The van der Waals surface area contributed by atoms with Gasteiger partial charge in [-0.15, -0.1) is 11.8 Å². The summed E-state index contributed by atoms with van der Waals surface area (Å²) in [6.45, 7) is 4.66. The molecular weight excluding hydrogens is 312 g/mol. The van der Waals surface area contributed by atoms with E-state index in [4.69, 9.17) is 9.15 Å². The van der Waals surface area contributed by atoms with Crippen molar-refractivity contribution in [2.24, 2.45) is 0 Å². The molecular formula is C17H22N2O3S. The Morgan fingerprint density at radius 3 is 2.74 bits per heavy atom. The number of carbonyl (C=O) groups is 1. The molecule has 0 unspecified atom stereocenters. The maximum Gasteiger partial charge on any atom is 0.230 e. The summed E-state index contributed by atoms with van der Waals surface area (Å²) in [6, 6.07) is 7.58. The van der Waals surface area contributed by atoms with Crippen LogP contribution in [0.2, 0.25) is 0 Å². The fraction of sp³-hybridized carbons (Fsp3) is 0.412. The van der Waals surface area contributed by atoms with Crippen LogP contribution in [0.4, 0.5) is 0 Å². The number of nitrogens with zero attached hydrogens (tertiary/aromatic N) is 1. The molecule has 1 aromatic heterocycles. The van der Waals surface area contributed by atoms with Crippen molar-refractivity contribution in [2.45, 2.75) is 26.0 Å². The molecule has 0 radical (unpaired) electrons. The first-order valence-electron chi connectivity index (χ1n) is 7.59. The Kier molecular flexibility index (Phi) is 6.52. The Bertz CT molecular complexity index is 638. The zero-order valence-electron chi connectivity index (χ0n) is 13.7. The van der Waals surface area contributed by atoms with Gasteiger partial charge in [0.05, 0.1) is 18.6 Å². The van der Waals surface area contributed by atoms with Gasteiger partial charge in [-0.3, -0.25) is 4.79 Å². The number of oxazole rings is 1. The molecule has 0 aliphatic heterocycles. The van der Waals surface area contributed by atoms with E-state index in [1.165, 1.54) is 11.8 Å². The summed E-state index contributed by atoms with van der Waals surface area (Å²) >= 11 is 1.54. The molecule has 1 aromatic carbocycles. The molecule has 0 bridgehead atoms. The van der Waals surface area contributed by atoms with Crippen molar-refractivity contribution in [1.29, 1.82) is 0 Å². The predicted octanol–water partition coefficient (Wildman–Crippen LogP) is 3.42. The number of ether oxygens (including phenoxy) is 1. The van der Waals surface area contributed by atoms with Gasteiger partial charge in [0.1, 0.15) is 11.5 Å². The molecule has 0 saturated heterocycles. The highest BCUT2D eigenvalue weighted by molar-refractivity contribution is 7.99. The maximum absolute atomic E-state index is 11.6. The molecule has 0 fully saturated rings. The van der Waals surface area contributed by atoms with Gasteiger partial charge in [-0.05, 0) is 37.6 Å². The third-order valence-electron chi connectivity index (χ3n) is 3.27. The topological polar surface area (TPSA) is 64.4 Å². The van der Waals surface area contributed by atoms with Gasteiger partial charge in [0.15, 0.2) is 0 Å². The number of aryl methyl sites for hydroxylation is 1. The molecule has 0 aliphatic rings. The first kappa shape index (κ1) is 17.4. The highest BCUT2D eigenvalue weighted by atomic mass is 32.2. The van der Waals surface area contributed by atoms with Crippen molar-refractivity contribution in [3.8, 4) is 17.2 Å². The van der Waals surface area contributed by atoms with Crippen LogP contribution in [0.25, 0.3) is 11.5 Å². The van der Waals surface area contributed by atoms with E-state index >= 15 is 0 Å². The summed E-state index contributed by atoms with van der Waals surface area (Å²) in [4.78, 5) is 16.1. The Balaban J connectivity index is 1.93. The van der Waals surface area contributed by atoms with Crippen molar-refractivity contribution in [1.82, 2.24) is 10.3 Å². The van der Waals surface area contributed by atoms with Gasteiger partial charge in [-0.2, -0.15) is 0 Å². The quantitative estimate of drug-likeness (QED) is 0.801. The van der Waals surface area contributed by atoms with Crippen LogP contribution in [-0.4, -0.2) is 30.3 Å². The van der Waals surface area contributed by atoms with E-state index in [1.54, 1.807) is 7.11 Å². The normalized spacial score (nSPS) is 10.6. The molecule has 6 heteroatoms. The highest BCUT2D eigenvalue weighted by Crippen LogP contribution is 2.25. The number of carbonyl (C=O) groups excluding carboxylic acids is 1. The number of nitrogens with one attached hydrogen (secondary N) is 1. The minimum absolute atomic E-state index is 0.0633. The maximum atomic E-state index is 11.6. The number of hydrogen-bond acceptors (Lipinski definition) is 5. The van der Waals surface area contributed by atoms with Crippen LogP contribution in [0.3, 0.4) is 0 Å². The van der Waals surface area contributed by atoms with E-state index in [0.717, 1.165) is 35.7 Å². The van der Waals surface area contributed by atoms with Gasteiger partial charge in [0.25, 0.3) is 0 Å². The Morgan fingerprint density at radius 2 is 2.09 bits per heavy atom. The SMILES string of the molecule is CCCNC(=O)CSCc1nc(-c2ccc(OC)cc2)oc1C. The van der Waals surface area contributed by atoms with E-state index in [9.17, 15) is 4.79 Å². The Morgan fingerprint density at radius 1 is 1.35 bits per heavy atom. The number of rotatable bonds is 8. The standard InChI is InChI=1S/C17H22N2O3S/c1-4-9-18-16(20)11-23-10-15-12(2)22-17(19-15)13-5-7-14(21-3)8-6-13/h5-8H,4,9-11H2,1-3H3,(H,18,20). The summed E-state index contributed by atoms with van der Waals surface area (Å²) in [5.41, 5.74) is 1.79. The monoisotopic (exact) mass is 334 g/mol. The zero-order chi connectivity index (χ0) is 16.7. The largest absolute Gasteiger partial charge is 0.497 e. The number of hydrogen-bond donors (Lipinski definition) is 1. The van der Waals surface area contributed by atoms with Crippen LogP contribution < -0.4 is 10.1 Å². The summed E-state index contributed by atoms with van der Waals surface area (Å²) in [6.07, 6.45) is 0.948. The number of thioether (sulfide) groups is 1. The molecule has 2 aromatic rings.